The van der Waals surface area contributed by atoms with E-state index < -0.39 is 5.91 Å². The molecule has 2 N–H and O–H groups in total. The number of anilines is 1. The average molecular weight is 389 g/mol. The molecular weight excluding hydrogens is 373 g/mol. The van der Waals surface area contributed by atoms with Crippen molar-refractivity contribution in [2.24, 2.45) is 5.73 Å². The quantitative estimate of drug-likeness (QED) is 0.581. The van der Waals surface area contributed by atoms with E-state index in [4.69, 9.17) is 5.73 Å². The topological polar surface area (TPSA) is 93.6 Å². The van der Waals surface area contributed by atoms with Crippen LogP contribution < -0.4 is 10.6 Å². The lowest BCUT2D eigenvalue weighted by atomic mass is 10.1. The number of fused-ring (bicyclic) bond motifs is 1. The number of carbonyl (C=O) groups is 2. The van der Waals surface area contributed by atoms with Crippen LogP contribution in [0.2, 0.25) is 0 Å². The van der Waals surface area contributed by atoms with Gasteiger partial charge in [0.1, 0.15) is 11.5 Å². The zero-order chi connectivity index (χ0) is 20.5. The Morgan fingerprint density at radius 3 is 2.34 bits per heavy atom. The van der Waals surface area contributed by atoms with Crippen LogP contribution in [-0.4, -0.2) is 33.2 Å². The van der Waals surface area contributed by atoms with Gasteiger partial charge in [-0.2, -0.15) is 0 Å². The van der Waals surface area contributed by atoms with Crippen molar-refractivity contribution in [3.05, 3.63) is 84.2 Å². The maximum Gasteiger partial charge on any atom is 0.278 e. The van der Waals surface area contributed by atoms with Gasteiger partial charge in [-0.3, -0.25) is 14.0 Å². The van der Waals surface area contributed by atoms with Crippen molar-refractivity contribution < 1.29 is 14.0 Å². The summed E-state index contributed by atoms with van der Waals surface area (Å²) in [6, 6.07) is 12.4. The maximum atomic E-state index is 13.1. The summed E-state index contributed by atoms with van der Waals surface area (Å²) in [5.74, 6) is -1.22. The van der Waals surface area contributed by atoms with Gasteiger partial charge in [0, 0.05) is 30.1 Å². The highest BCUT2D eigenvalue weighted by molar-refractivity contribution is 6.04. The Balaban J connectivity index is 1.70. The number of imidazole rings is 1. The molecule has 8 heteroatoms. The highest BCUT2D eigenvalue weighted by Gasteiger charge is 2.17. The molecule has 0 radical (unpaired) electrons. The number of rotatable bonds is 4. The Bertz CT molecular complexity index is 1220. The molecule has 2 amide bonds. The number of hydrogen-bond donors (Lipinski definition) is 1. The second-order valence-corrected chi connectivity index (χ2v) is 6.43. The van der Waals surface area contributed by atoms with Crippen LogP contribution in [0.25, 0.3) is 16.9 Å². The zero-order valence-electron chi connectivity index (χ0n) is 15.4. The molecule has 4 aromatic rings. The van der Waals surface area contributed by atoms with E-state index in [-0.39, 0.29) is 17.4 Å². The minimum absolute atomic E-state index is 0.206. The number of primary amides is 1. The van der Waals surface area contributed by atoms with Crippen LogP contribution in [0.1, 0.15) is 20.8 Å². The molecule has 0 bridgehead atoms. The molecule has 144 valence electrons. The highest BCUT2D eigenvalue weighted by Crippen LogP contribution is 2.22. The van der Waals surface area contributed by atoms with Crippen molar-refractivity contribution in [2.75, 3.05) is 11.9 Å². The van der Waals surface area contributed by atoms with Gasteiger partial charge < -0.3 is 10.6 Å². The Hall–Kier alpha value is -4.07. The van der Waals surface area contributed by atoms with Crippen molar-refractivity contribution in [3.8, 4) is 11.3 Å². The molecule has 2 aromatic heterocycles. The fraction of sp³-hybridized carbons (Fsp3) is 0.0476. The van der Waals surface area contributed by atoms with Crippen molar-refractivity contribution >= 4 is 23.1 Å². The number of benzene rings is 2. The van der Waals surface area contributed by atoms with Crippen LogP contribution >= 0.6 is 0 Å². The molecule has 0 aliphatic heterocycles. The van der Waals surface area contributed by atoms with Crippen LogP contribution in [0.3, 0.4) is 0 Å². The normalized spacial score (nSPS) is 10.8. The van der Waals surface area contributed by atoms with Gasteiger partial charge in [0.2, 0.25) is 5.91 Å². The monoisotopic (exact) mass is 389 g/mol. The molecule has 0 spiro atoms. The molecule has 2 heterocycles. The summed E-state index contributed by atoms with van der Waals surface area (Å²) < 4.78 is 14.9. The molecule has 29 heavy (non-hydrogen) atoms. The second-order valence-electron chi connectivity index (χ2n) is 6.43. The van der Waals surface area contributed by atoms with Gasteiger partial charge in [0.05, 0.1) is 18.1 Å². The molecule has 4 rings (SSSR count). The van der Waals surface area contributed by atoms with Gasteiger partial charge in [0.25, 0.3) is 5.91 Å². The lowest BCUT2D eigenvalue weighted by Gasteiger charge is -2.17. The van der Waals surface area contributed by atoms with Crippen LogP contribution in [0.4, 0.5) is 10.1 Å². The van der Waals surface area contributed by atoms with E-state index >= 15 is 0 Å². The summed E-state index contributed by atoms with van der Waals surface area (Å²) >= 11 is 0. The van der Waals surface area contributed by atoms with Crippen molar-refractivity contribution in [2.45, 2.75) is 0 Å². The van der Waals surface area contributed by atoms with E-state index in [2.05, 4.69) is 9.97 Å². The number of halogens is 1. The number of nitrogens with zero attached hydrogens (tertiary/aromatic N) is 4. The smallest absolute Gasteiger partial charge is 0.278 e. The number of amides is 2. The maximum absolute atomic E-state index is 13.1. The van der Waals surface area contributed by atoms with E-state index in [9.17, 15) is 14.0 Å². The van der Waals surface area contributed by atoms with Crippen LogP contribution in [-0.2, 0) is 0 Å². The number of carbonyl (C=O) groups excluding carboxylic acids is 2. The first-order valence-corrected chi connectivity index (χ1v) is 8.71. The highest BCUT2D eigenvalue weighted by atomic mass is 19.1. The average Bonchev–Trinajstić information content (AvgIpc) is 3.16. The van der Waals surface area contributed by atoms with Gasteiger partial charge in [-0.1, -0.05) is 12.1 Å². The minimum atomic E-state index is -0.504. The molecule has 0 aliphatic carbocycles. The van der Waals surface area contributed by atoms with Gasteiger partial charge >= 0.3 is 0 Å². The number of aromatic nitrogens is 3. The first kappa shape index (κ1) is 18.3. The summed E-state index contributed by atoms with van der Waals surface area (Å²) in [5.41, 5.74) is 8.55. The third-order valence-electron chi connectivity index (χ3n) is 4.60. The van der Waals surface area contributed by atoms with Crippen molar-refractivity contribution in [3.63, 3.8) is 0 Å². The van der Waals surface area contributed by atoms with Crippen LogP contribution in [0.15, 0.2) is 67.1 Å². The van der Waals surface area contributed by atoms with E-state index in [1.54, 1.807) is 48.1 Å². The van der Waals surface area contributed by atoms with E-state index in [0.29, 0.717) is 16.9 Å². The molecule has 0 aliphatic rings. The molecule has 0 unspecified atom stereocenters. The molecule has 0 saturated carbocycles. The Morgan fingerprint density at radius 1 is 1.00 bits per heavy atom. The van der Waals surface area contributed by atoms with Gasteiger partial charge in [-0.15, -0.1) is 0 Å². The molecule has 7 nitrogen and oxygen atoms in total. The fourth-order valence-corrected chi connectivity index (χ4v) is 2.97. The van der Waals surface area contributed by atoms with Crippen LogP contribution in [0.5, 0.6) is 0 Å². The third kappa shape index (κ3) is 3.43. The van der Waals surface area contributed by atoms with Crippen molar-refractivity contribution in [1.29, 1.82) is 0 Å². The van der Waals surface area contributed by atoms with Crippen molar-refractivity contribution in [1.82, 2.24) is 14.4 Å². The summed E-state index contributed by atoms with van der Waals surface area (Å²) in [7, 11) is 1.60. The predicted octanol–water partition coefficient (Wildman–Crippen LogP) is 2.91. The molecule has 0 atom stereocenters. The minimum Gasteiger partial charge on any atom is -0.366 e. The number of nitrogens with two attached hydrogens (primary N) is 1. The second kappa shape index (κ2) is 7.16. The summed E-state index contributed by atoms with van der Waals surface area (Å²) in [6.07, 6.45) is 4.77. The van der Waals surface area contributed by atoms with Gasteiger partial charge in [-0.05, 0) is 36.4 Å². The largest absolute Gasteiger partial charge is 0.366 e. The van der Waals surface area contributed by atoms with E-state index in [1.165, 1.54) is 35.4 Å². The molecule has 0 saturated heterocycles. The third-order valence-corrected chi connectivity index (χ3v) is 4.60. The Morgan fingerprint density at radius 2 is 1.69 bits per heavy atom. The predicted molar refractivity (Wildman–Crippen MR) is 106 cm³/mol. The molecule has 2 aromatic carbocycles. The Kier molecular flexibility index (Phi) is 4.52. The zero-order valence-corrected chi connectivity index (χ0v) is 15.4. The lowest BCUT2D eigenvalue weighted by molar-refractivity contribution is 0.0984. The Labute approximate surface area is 165 Å². The standard InChI is InChI=1S/C21H16FN5O2/c1-26(16-8-6-15(22)7-9-16)21(29)17-12-27-18(10-25-19(27)11-24-17)13-2-4-14(5-3-13)20(23)28/h2-12H,1H3,(H2,23,28). The summed E-state index contributed by atoms with van der Waals surface area (Å²) in [5, 5.41) is 0. The van der Waals surface area contributed by atoms with Gasteiger partial charge in [-0.25, -0.2) is 14.4 Å². The van der Waals surface area contributed by atoms with Crippen LogP contribution in [0, 0.1) is 5.82 Å². The van der Waals surface area contributed by atoms with E-state index in [0.717, 1.165) is 11.3 Å². The summed E-state index contributed by atoms with van der Waals surface area (Å²) in [4.78, 5) is 34.0. The first-order valence-electron chi connectivity index (χ1n) is 8.71. The SMILES string of the molecule is CN(C(=O)c1cn2c(-c3ccc(C(N)=O)cc3)cnc2cn1)c1ccc(F)cc1. The number of hydrogen-bond acceptors (Lipinski definition) is 4. The van der Waals surface area contributed by atoms with E-state index in [1.807, 2.05) is 0 Å². The fourth-order valence-electron chi connectivity index (χ4n) is 2.97. The summed E-state index contributed by atoms with van der Waals surface area (Å²) in [6.45, 7) is 0. The molecule has 0 fully saturated rings. The van der Waals surface area contributed by atoms with Gasteiger partial charge in [0.15, 0.2) is 5.65 Å². The first-order chi connectivity index (χ1) is 13.9. The molecular formula is C21H16FN5O2. The lowest BCUT2D eigenvalue weighted by Crippen LogP contribution is -2.27.